The lowest BCUT2D eigenvalue weighted by Crippen LogP contribution is -2.39. The number of amides is 1. The van der Waals surface area contributed by atoms with E-state index in [1.54, 1.807) is 17.3 Å². The first-order valence-electron chi connectivity index (χ1n) is 8.03. The molecule has 3 aromatic rings. The summed E-state index contributed by atoms with van der Waals surface area (Å²) in [6, 6.07) is 7.63. The van der Waals surface area contributed by atoms with Gasteiger partial charge in [-0.3, -0.25) is 14.7 Å². The molecule has 0 aliphatic rings. The summed E-state index contributed by atoms with van der Waals surface area (Å²) >= 11 is 7.65. The summed E-state index contributed by atoms with van der Waals surface area (Å²) in [6.45, 7) is 8.17. The topological polar surface area (TPSA) is 46.1 Å². The van der Waals surface area contributed by atoms with E-state index in [-0.39, 0.29) is 5.91 Å². The molecule has 0 fully saturated rings. The number of pyridine rings is 1. The Morgan fingerprint density at radius 1 is 1.32 bits per heavy atom. The van der Waals surface area contributed by atoms with Gasteiger partial charge in [0.05, 0.1) is 16.8 Å². The third-order valence-electron chi connectivity index (χ3n) is 3.82. The molecule has 0 saturated carbocycles. The summed E-state index contributed by atoms with van der Waals surface area (Å²) in [5.41, 5.74) is 2.36. The van der Waals surface area contributed by atoms with Gasteiger partial charge in [0.1, 0.15) is 0 Å². The fourth-order valence-corrected chi connectivity index (χ4v) is 3.98. The van der Waals surface area contributed by atoms with Gasteiger partial charge < -0.3 is 0 Å². The molecule has 3 rings (SSSR count). The molecule has 1 aromatic carbocycles. The van der Waals surface area contributed by atoms with Crippen molar-refractivity contribution in [2.24, 2.45) is 5.41 Å². The average molecular weight is 374 g/mol. The van der Waals surface area contributed by atoms with Gasteiger partial charge >= 0.3 is 0 Å². The number of anilines is 1. The first kappa shape index (κ1) is 17.8. The van der Waals surface area contributed by atoms with Crippen LogP contribution in [0.5, 0.6) is 0 Å². The maximum Gasteiger partial charge on any atom is 0.234 e. The number of carbonyl (C=O) groups is 1. The number of aryl methyl sites for hydroxylation is 1. The molecule has 0 bridgehead atoms. The zero-order valence-corrected chi connectivity index (χ0v) is 16.3. The summed E-state index contributed by atoms with van der Waals surface area (Å²) in [5, 5.41) is 1.37. The highest BCUT2D eigenvalue weighted by molar-refractivity contribution is 7.22. The smallest absolute Gasteiger partial charge is 0.234 e. The summed E-state index contributed by atoms with van der Waals surface area (Å²) in [7, 11) is 0. The van der Waals surface area contributed by atoms with E-state index >= 15 is 0 Å². The van der Waals surface area contributed by atoms with Crippen LogP contribution < -0.4 is 4.90 Å². The van der Waals surface area contributed by atoms with Gasteiger partial charge in [0.2, 0.25) is 5.91 Å². The predicted octanol–water partition coefficient (Wildman–Crippen LogP) is 5.23. The standard InChI is InChI=1S/C19H20ClN3OS/c1-12-8-14(20)9-15-16(12)22-18(25-15)23(17(24)19(2,3)4)11-13-6-5-7-21-10-13/h5-10H,11H2,1-4H3. The number of benzene rings is 1. The summed E-state index contributed by atoms with van der Waals surface area (Å²) < 4.78 is 0.984. The van der Waals surface area contributed by atoms with Crippen molar-refractivity contribution in [3.63, 3.8) is 0 Å². The van der Waals surface area contributed by atoms with Crippen molar-refractivity contribution in [3.8, 4) is 0 Å². The zero-order valence-electron chi connectivity index (χ0n) is 14.7. The normalized spacial score (nSPS) is 11.7. The van der Waals surface area contributed by atoms with Gasteiger partial charge in [0.15, 0.2) is 5.13 Å². The van der Waals surface area contributed by atoms with Gasteiger partial charge in [-0.25, -0.2) is 4.98 Å². The second-order valence-corrected chi connectivity index (χ2v) is 8.51. The van der Waals surface area contributed by atoms with Crippen LogP contribution in [0, 0.1) is 12.3 Å². The Morgan fingerprint density at radius 2 is 2.08 bits per heavy atom. The average Bonchev–Trinajstić information content (AvgIpc) is 2.96. The monoisotopic (exact) mass is 373 g/mol. The van der Waals surface area contributed by atoms with Crippen LogP contribution >= 0.6 is 22.9 Å². The molecule has 2 heterocycles. The molecule has 0 saturated heterocycles. The van der Waals surface area contributed by atoms with Crippen molar-refractivity contribution in [1.29, 1.82) is 0 Å². The van der Waals surface area contributed by atoms with Gasteiger partial charge in [-0.15, -0.1) is 0 Å². The molecular weight excluding hydrogens is 354 g/mol. The Hall–Kier alpha value is -1.98. The number of fused-ring (bicyclic) bond motifs is 1. The number of rotatable bonds is 3. The Kier molecular flexibility index (Phi) is 4.80. The SMILES string of the molecule is Cc1cc(Cl)cc2sc(N(Cc3cccnc3)C(=O)C(C)(C)C)nc12. The molecule has 130 valence electrons. The van der Waals surface area contributed by atoms with E-state index in [0.29, 0.717) is 16.7 Å². The van der Waals surface area contributed by atoms with Crippen LogP contribution in [-0.4, -0.2) is 15.9 Å². The van der Waals surface area contributed by atoms with E-state index in [1.807, 2.05) is 52.0 Å². The fraction of sp³-hybridized carbons (Fsp3) is 0.316. The third-order valence-corrected chi connectivity index (χ3v) is 5.06. The van der Waals surface area contributed by atoms with Crippen LogP contribution in [0.2, 0.25) is 5.02 Å². The minimum Gasteiger partial charge on any atom is -0.283 e. The largest absolute Gasteiger partial charge is 0.283 e. The Morgan fingerprint density at radius 3 is 2.72 bits per heavy atom. The van der Waals surface area contributed by atoms with Crippen LogP contribution in [0.25, 0.3) is 10.2 Å². The van der Waals surface area contributed by atoms with Crippen LogP contribution in [0.4, 0.5) is 5.13 Å². The maximum absolute atomic E-state index is 13.0. The molecule has 1 amide bonds. The van der Waals surface area contributed by atoms with Crippen LogP contribution in [0.1, 0.15) is 31.9 Å². The number of thiazole rings is 1. The molecule has 0 aliphatic heterocycles. The Labute approximate surface area is 156 Å². The summed E-state index contributed by atoms with van der Waals surface area (Å²) in [6.07, 6.45) is 3.50. The third kappa shape index (κ3) is 3.83. The first-order valence-corrected chi connectivity index (χ1v) is 9.23. The second-order valence-electron chi connectivity index (χ2n) is 7.07. The number of nitrogens with zero attached hydrogens (tertiary/aromatic N) is 3. The van der Waals surface area contributed by atoms with E-state index < -0.39 is 5.41 Å². The van der Waals surface area contributed by atoms with Gasteiger partial charge in [-0.2, -0.15) is 0 Å². The molecule has 2 aromatic heterocycles. The number of halogens is 1. The highest BCUT2D eigenvalue weighted by Gasteiger charge is 2.30. The van der Waals surface area contributed by atoms with Gasteiger partial charge in [-0.05, 0) is 36.2 Å². The van der Waals surface area contributed by atoms with Crippen molar-refractivity contribution in [3.05, 3.63) is 52.8 Å². The first-order chi connectivity index (χ1) is 11.8. The van der Waals surface area contributed by atoms with E-state index in [9.17, 15) is 4.79 Å². The van der Waals surface area contributed by atoms with Crippen molar-refractivity contribution in [2.45, 2.75) is 34.2 Å². The quantitative estimate of drug-likeness (QED) is 0.631. The number of carbonyl (C=O) groups excluding carboxylic acids is 1. The number of aromatic nitrogens is 2. The summed E-state index contributed by atoms with van der Waals surface area (Å²) in [4.78, 5) is 23.7. The molecule has 0 radical (unpaired) electrons. The molecule has 0 unspecified atom stereocenters. The fourth-order valence-electron chi connectivity index (χ4n) is 2.56. The Balaban J connectivity index is 2.08. The Bertz CT molecular complexity index is 916. The van der Waals surface area contributed by atoms with Crippen molar-refractivity contribution >= 4 is 44.2 Å². The molecular formula is C19H20ClN3OS. The molecule has 4 nitrogen and oxygen atoms in total. The van der Waals surface area contributed by atoms with Crippen LogP contribution in [0.15, 0.2) is 36.7 Å². The van der Waals surface area contributed by atoms with Crippen molar-refractivity contribution in [1.82, 2.24) is 9.97 Å². The zero-order chi connectivity index (χ0) is 18.2. The van der Waals surface area contributed by atoms with Gasteiger partial charge in [0.25, 0.3) is 0 Å². The van der Waals surface area contributed by atoms with Gasteiger partial charge in [-0.1, -0.05) is 49.8 Å². The summed E-state index contributed by atoms with van der Waals surface area (Å²) in [5.74, 6) is 0.0270. The second kappa shape index (κ2) is 6.73. The highest BCUT2D eigenvalue weighted by Crippen LogP contribution is 2.35. The van der Waals surface area contributed by atoms with Crippen molar-refractivity contribution in [2.75, 3.05) is 4.90 Å². The van der Waals surface area contributed by atoms with Crippen molar-refractivity contribution < 1.29 is 4.79 Å². The maximum atomic E-state index is 13.0. The molecule has 0 aliphatic carbocycles. The molecule has 0 spiro atoms. The number of hydrogen-bond acceptors (Lipinski definition) is 4. The van der Waals surface area contributed by atoms with E-state index in [4.69, 9.17) is 16.6 Å². The lowest BCUT2D eigenvalue weighted by Gasteiger charge is -2.27. The highest BCUT2D eigenvalue weighted by atomic mass is 35.5. The molecule has 6 heteroatoms. The molecule has 25 heavy (non-hydrogen) atoms. The van der Waals surface area contributed by atoms with Crippen LogP contribution in [-0.2, 0) is 11.3 Å². The minimum absolute atomic E-state index is 0.0270. The van der Waals surface area contributed by atoms with Gasteiger partial charge in [0, 0.05) is 22.8 Å². The van der Waals surface area contributed by atoms with Crippen LogP contribution in [0.3, 0.4) is 0 Å². The number of hydrogen-bond donors (Lipinski definition) is 0. The van der Waals surface area contributed by atoms with E-state index in [2.05, 4.69) is 4.98 Å². The van der Waals surface area contributed by atoms with E-state index in [0.717, 1.165) is 21.3 Å². The minimum atomic E-state index is -0.507. The predicted molar refractivity (Wildman–Crippen MR) is 104 cm³/mol. The van der Waals surface area contributed by atoms with E-state index in [1.165, 1.54) is 11.3 Å². The molecule has 0 N–H and O–H groups in total. The lowest BCUT2D eigenvalue weighted by molar-refractivity contribution is -0.125. The lowest BCUT2D eigenvalue weighted by atomic mass is 9.95. The molecule has 0 atom stereocenters.